The van der Waals surface area contributed by atoms with Gasteiger partial charge in [-0.1, -0.05) is 31.2 Å². The molecule has 2 amide bonds. The topological polar surface area (TPSA) is 108 Å². The van der Waals surface area contributed by atoms with Gasteiger partial charge in [0.15, 0.2) is 0 Å². The van der Waals surface area contributed by atoms with Crippen LogP contribution in [0, 0.1) is 5.82 Å². The van der Waals surface area contributed by atoms with Crippen molar-refractivity contribution >= 4 is 21.8 Å². The number of hydrogen-bond acceptors (Lipinski definition) is 5. The number of sulfonamides is 1. The summed E-state index contributed by atoms with van der Waals surface area (Å²) in [5, 5.41) is 2.85. The maximum Gasteiger partial charge on any atom is 0.242 e. The minimum absolute atomic E-state index is 0.114. The summed E-state index contributed by atoms with van der Waals surface area (Å²) in [5.74, 6) is -0.949. The molecule has 0 bridgehead atoms. The van der Waals surface area contributed by atoms with Gasteiger partial charge in [0.1, 0.15) is 11.9 Å². The van der Waals surface area contributed by atoms with Crippen molar-refractivity contribution in [3.05, 3.63) is 95.6 Å². The number of amides is 2. The predicted molar refractivity (Wildman–Crippen MR) is 138 cm³/mol. The molecule has 37 heavy (non-hydrogen) atoms. The normalized spacial score (nSPS) is 12.1. The third-order valence-electron chi connectivity index (χ3n) is 5.85. The third-order valence-corrected chi connectivity index (χ3v) is 7.41. The lowest BCUT2D eigenvalue weighted by Crippen LogP contribution is -2.47. The van der Waals surface area contributed by atoms with Gasteiger partial charge in [0.2, 0.25) is 21.8 Å². The summed E-state index contributed by atoms with van der Waals surface area (Å²) in [6.07, 6.45) is 3.75. The van der Waals surface area contributed by atoms with E-state index < -0.39 is 16.1 Å². The number of hydrogen-bond donors (Lipinski definition) is 2. The highest BCUT2D eigenvalue weighted by Gasteiger charge is 2.26. The van der Waals surface area contributed by atoms with Crippen LogP contribution in [0.15, 0.2) is 78.0 Å². The molecule has 1 unspecified atom stereocenters. The van der Waals surface area contributed by atoms with Gasteiger partial charge >= 0.3 is 0 Å². The Kier molecular flexibility index (Phi) is 9.87. The summed E-state index contributed by atoms with van der Waals surface area (Å²) in [4.78, 5) is 31.8. The summed E-state index contributed by atoms with van der Waals surface area (Å²) in [7, 11) is -3.56. The molecule has 1 aromatic heterocycles. The molecule has 1 heterocycles. The first-order chi connectivity index (χ1) is 17.7. The van der Waals surface area contributed by atoms with Crippen LogP contribution in [0.1, 0.15) is 37.0 Å². The molecule has 2 aromatic carbocycles. The Morgan fingerprint density at radius 3 is 2.19 bits per heavy atom. The van der Waals surface area contributed by atoms with Crippen LogP contribution >= 0.6 is 0 Å². The van der Waals surface area contributed by atoms with Crippen molar-refractivity contribution in [3.63, 3.8) is 0 Å². The molecular weight excluding hydrogens is 495 g/mol. The number of nitrogens with one attached hydrogen (secondary N) is 2. The zero-order valence-electron chi connectivity index (χ0n) is 20.9. The van der Waals surface area contributed by atoms with E-state index >= 15 is 0 Å². The Labute approximate surface area is 217 Å². The second-order valence-electron chi connectivity index (χ2n) is 8.54. The highest BCUT2D eigenvalue weighted by molar-refractivity contribution is 7.89. The van der Waals surface area contributed by atoms with Gasteiger partial charge in [-0.25, -0.2) is 17.5 Å². The van der Waals surface area contributed by atoms with Crippen LogP contribution in [0.25, 0.3) is 0 Å². The second kappa shape index (κ2) is 13.1. The molecule has 196 valence electrons. The Morgan fingerprint density at radius 1 is 0.946 bits per heavy atom. The smallest absolute Gasteiger partial charge is 0.242 e. The molecule has 0 fully saturated rings. The van der Waals surface area contributed by atoms with Gasteiger partial charge < -0.3 is 10.2 Å². The van der Waals surface area contributed by atoms with Gasteiger partial charge in [0.05, 0.1) is 4.90 Å². The van der Waals surface area contributed by atoms with E-state index in [9.17, 15) is 22.4 Å². The lowest BCUT2D eigenvalue weighted by atomic mass is 10.1. The van der Waals surface area contributed by atoms with E-state index in [1.807, 2.05) is 0 Å². The number of pyridine rings is 1. The Morgan fingerprint density at radius 2 is 1.57 bits per heavy atom. The van der Waals surface area contributed by atoms with Gasteiger partial charge in [-0.15, -0.1) is 0 Å². The molecule has 0 radical (unpaired) electrons. The Balaban J connectivity index is 1.69. The van der Waals surface area contributed by atoms with Gasteiger partial charge in [-0.2, -0.15) is 0 Å². The fourth-order valence-electron chi connectivity index (χ4n) is 3.71. The van der Waals surface area contributed by atoms with E-state index in [4.69, 9.17) is 0 Å². The summed E-state index contributed by atoms with van der Waals surface area (Å²) in [6.45, 7) is 4.09. The molecule has 1 atom stereocenters. The maximum atomic E-state index is 13.4. The molecule has 0 spiro atoms. The Bertz CT molecular complexity index is 1280. The first kappa shape index (κ1) is 27.9. The fraction of sp³-hybridized carbons (Fsp3) is 0.296. The van der Waals surface area contributed by atoms with Crippen molar-refractivity contribution in [1.29, 1.82) is 0 Å². The minimum atomic E-state index is -3.56. The molecule has 3 rings (SSSR count). The number of carbonyl (C=O) groups excluding carboxylic acids is 2. The van der Waals surface area contributed by atoms with E-state index in [0.29, 0.717) is 18.5 Å². The van der Waals surface area contributed by atoms with Crippen LogP contribution in [-0.4, -0.2) is 42.7 Å². The van der Waals surface area contributed by atoms with Crippen LogP contribution < -0.4 is 10.0 Å². The van der Waals surface area contributed by atoms with Crippen molar-refractivity contribution in [2.75, 3.05) is 6.54 Å². The van der Waals surface area contributed by atoms with E-state index in [1.54, 1.807) is 62.6 Å². The number of aryl methyl sites for hydroxylation is 1. The van der Waals surface area contributed by atoms with Crippen LogP contribution in [0.3, 0.4) is 0 Å². The lowest BCUT2D eigenvalue weighted by molar-refractivity contribution is -0.140. The Hall–Kier alpha value is -3.63. The van der Waals surface area contributed by atoms with Gasteiger partial charge in [-0.3, -0.25) is 14.6 Å². The zero-order valence-corrected chi connectivity index (χ0v) is 21.7. The molecule has 0 aliphatic heterocycles. The highest BCUT2D eigenvalue weighted by atomic mass is 32.2. The van der Waals surface area contributed by atoms with Crippen molar-refractivity contribution in [2.24, 2.45) is 0 Å². The molecule has 3 aromatic rings. The standard InChI is InChI=1S/C27H31FN4O4S/c1-3-31-37(35,36)25-11-6-21(7-12-25)8-13-26(33)32(19-23-4-9-24(28)10-5-23)20(2)27(34)30-18-22-14-16-29-17-15-22/h4-7,9-12,14-17,20,31H,3,8,13,18-19H2,1-2H3,(H,30,34). The monoisotopic (exact) mass is 526 g/mol. The van der Waals surface area contributed by atoms with E-state index in [2.05, 4.69) is 15.0 Å². The van der Waals surface area contributed by atoms with Crippen LogP contribution in [-0.2, 0) is 39.1 Å². The minimum Gasteiger partial charge on any atom is -0.350 e. The molecule has 10 heteroatoms. The first-order valence-electron chi connectivity index (χ1n) is 12.0. The quantitative estimate of drug-likeness (QED) is 0.377. The molecule has 0 aliphatic carbocycles. The van der Waals surface area contributed by atoms with Gasteiger partial charge in [0.25, 0.3) is 0 Å². The second-order valence-corrected chi connectivity index (χ2v) is 10.3. The average molecular weight is 527 g/mol. The van der Waals surface area contributed by atoms with Crippen molar-refractivity contribution in [2.45, 2.75) is 50.7 Å². The number of carbonyl (C=O) groups is 2. The molecule has 8 nitrogen and oxygen atoms in total. The summed E-state index contributed by atoms with van der Waals surface area (Å²) < 4.78 is 40.1. The number of aromatic nitrogens is 1. The molecule has 0 saturated carbocycles. The largest absolute Gasteiger partial charge is 0.350 e. The molecule has 0 saturated heterocycles. The zero-order chi connectivity index (χ0) is 26.8. The number of nitrogens with zero attached hydrogens (tertiary/aromatic N) is 2. The van der Waals surface area contributed by atoms with Crippen molar-refractivity contribution < 1.29 is 22.4 Å². The number of halogens is 1. The van der Waals surface area contributed by atoms with E-state index in [0.717, 1.165) is 11.1 Å². The highest BCUT2D eigenvalue weighted by Crippen LogP contribution is 2.16. The molecular formula is C27H31FN4O4S. The van der Waals surface area contributed by atoms with Gasteiger partial charge in [-0.05, 0) is 66.4 Å². The van der Waals surface area contributed by atoms with Crippen LogP contribution in [0.4, 0.5) is 4.39 Å². The van der Waals surface area contributed by atoms with Crippen molar-refractivity contribution in [3.8, 4) is 0 Å². The molecule has 2 N–H and O–H groups in total. The molecule has 0 aliphatic rings. The summed E-state index contributed by atoms with van der Waals surface area (Å²) in [6, 6.07) is 15.0. The summed E-state index contributed by atoms with van der Waals surface area (Å²) in [5.41, 5.74) is 2.37. The fourth-order valence-corrected chi connectivity index (χ4v) is 4.75. The lowest BCUT2D eigenvalue weighted by Gasteiger charge is -2.29. The van der Waals surface area contributed by atoms with Crippen LogP contribution in [0.5, 0.6) is 0 Å². The van der Waals surface area contributed by atoms with Crippen LogP contribution in [0.2, 0.25) is 0 Å². The average Bonchev–Trinajstić information content (AvgIpc) is 2.90. The van der Waals surface area contributed by atoms with Crippen molar-refractivity contribution in [1.82, 2.24) is 19.9 Å². The van der Waals surface area contributed by atoms with E-state index in [-0.39, 0.29) is 42.0 Å². The van der Waals surface area contributed by atoms with Gasteiger partial charge in [0, 0.05) is 38.4 Å². The first-order valence-corrected chi connectivity index (χ1v) is 13.5. The number of rotatable bonds is 12. The predicted octanol–water partition coefficient (Wildman–Crippen LogP) is 3.19. The summed E-state index contributed by atoms with van der Waals surface area (Å²) >= 11 is 0. The third kappa shape index (κ3) is 8.19. The SMILES string of the molecule is CCNS(=O)(=O)c1ccc(CCC(=O)N(Cc2ccc(F)cc2)C(C)C(=O)NCc2ccncc2)cc1. The van der Waals surface area contributed by atoms with E-state index in [1.165, 1.54) is 29.2 Å². The number of benzene rings is 2. The maximum absolute atomic E-state index is 13.4.